The van der Waals surface area contributed by atoms with Crippen LogP contribution < -0.4 is 5.32 Å². The average molecular weight is 420 g/mol. The van der Waals surface area contributed by atoms with E-state index in [0.717, 1.165) is 30.8 Å². The van der Waals surface area contributed by atoms with Crippen molar-refractivity contribution in [2.45, 2.75) is 44.6 Å². The maximum atomic E-state index is 13.0. The molecule has 1 saturated heterocycles. The molecule has 1 N–H and O–H groups in total. The molecule has 29 heavy (non-hydrogen) atoms. The van der Waals surface area contributed by atoms with Crippen molar-refractivity contribution in [3.05, 3.63) is 47.4 Å². The van der Waals surface area contributed by atoms with Crippen LogP contribution in [0.4, 0.5) is 5.69 Å². The van der Waals surface area contributed by atoms with E-state index in [1.807, 2.05) is 31.0 Å². The Morgan fingerprint density at radius 3 is 2.52 bits per heavy atom. The van der Waals surface area contributed by atoms with Crippen LogP contribution in [0.2, 0.25) is 0 Å². The molecule has 1 aromatic heterocycles. The Balaban J connectivity index is 1.66. The molecule has 1 fully saturated rings. The zero-order chi connectivity index (χ0) is 21.0. The first kappa shape index (κ1) is 21.5. The van der Waals surface area contributed by atoms with Gasteiger partial charge in [-0.25, -0.2) is 8.42 Å². The van der Waals surface area contributed by atoms with Crippen LogP contribution in [-0.4, -0.2) is 50.2 Å². The van der Waals surface area contributed by atoms with E-state index < -0.39 is 10.0 Å². The molecular weight excluding hydrogens is 390 g/mol. The van der Waals surface area contributed by atoms with E-state index >= 15 is 0 Å². The second-order valence-corrected chi connectivity index (χ2v) is 9.58. The number of sulfonamides is 1. The first-order chi connectivity index (χ1) is 13.8. The topological polar surface area (TPSA) is 82.9 Å². The van der Waals surface area contributed by atoms with Gasteiger partial charge in [0.15, 0.2) is 0 Å². The average Bonchev–Trinajstić information content (AvgIpc) is 3.08. The SMILES string of the molecule is Cc1ccc(CN(C)CC(=O)Nc2ccc(C)c(S(=O)(=O)N3CCCCC3)c2)o1. The van der Waals surface area contributed by atoms with Gasteiger partial charge in [0.05, 0.1) is 18.0 Å². The van der Waals surface area contributed by atoms with Crippen molar-refractivity contribution in [1.82, 2.24) is 9.21 Å². The number of benzene rings is 1. The number of carbonyl (C=O) groups is 1. The summed E-state index contributed by atoms with van der Waals surface area (Å²) in [4.78, 5) is 14.5. The minimum absolute atomic E-state index is 0.168. The molecule has 0 bridgehead atoms. The first-order valence-electron chi connectivity index (χ1n) is 9.90. The fourth-order valence-corrected chi connectivity index (χ4v) is 5.31. The third-order valence-electron chi connectivity index (χ3n) is 5.04. The van der Waals surface area contributed by atoms with Gasteiger partial charge in [0.1, 0.15) is 11.5 Å². The number of aryl methyl sites for hydroxylation is 2. The second-order valence-electron chi connectivity index (χ2n) is 7.68. The molecule has 0 saturated carbocycles. The van der Waals surface area contributed by atoms with Gasteiger partial charge >= 0.3 is 0 Å². The summed E-state index contributed by atoms with van der Waals surface area (Å²) >= 11 is 0. The van der Waals surface area contributed by atoms with E-state index in [4.69, 9.17) is 4.42 Å². The lowest BCUT2D eigenvalue weighted by atomic mass is 10.2. The molecule has 3 rings (SSSR count). The number of amides is 1. The van der Waals surface area contributed by atoms with E-state index in [2.05, 4.69) is 5.32 Å². The van der Waals surface area contributed by atoms with Crippen molar-refractivity contribution in [1.29, 1.82) is 0 Å². The minimum atomic E-state index is -3.55. The molecule has 0 radical (unpaired) electrons. The lowest BCUT2D eigenvalue weighted by molar-refractivity contribution is -0.117. The summed E-state index contributed by atoms with van der Waals surface area (Å²) < 4.78 is 33.1. The lowest BCUT2D eigenvalue weighted by Crippen LogP contribution is -2.36. The Kier molecular flexibility index (Phi) is 6.77. The number of nitrogens with one attached hydrogen (secondary N) is 1. The number of rotatable bonds is 7. The predicted octanol–water partition coefficient (Wildman–Crippen LogP) is 3.14. The van der Waals surface area contributed by atoms with Crippen molar-refractivity contribution >= 4 is 21.6 Å². The van der Waals surface area contributed by atoms with Crippen LogP contribution in [0, 0.1) is 13.8 Å². The van der Waals surface area contributed by atoms with E-state index in [9.17, 15) is 13.2 Å². The Bertz CT molecular complexity index is 962. The normalized spacial score (nSPS) is 15.6. The molecule has 1 aliphatic rings. The number of hydrogen-bond donors (Lipinski definition) is 1. The Hall–Kier alpha value is -2.16. The van der Waals surface area contributed by atoms with Gasteiger partial charge in [-0.15, -0.1) is 0 Å². The van der Waals surface area contributed by atoms with Gasteiger partial charge in [0, 0.05) is 18.8 Å². The molecule has 158 valence electrons. The maximum Gasteiger partial charge on any atom is 0.243 e. The van der Waals surface area contributed by atoms with Crippen molar-refractivity contribution in [2.24, 2.45) is 0 Å². The Morgan fingerprint density at radius 1 is 1.14 bits per heavy atom. The van der Waals surface area contributed by atoms with Crippen molar-refractivity contribution in [3.8, 4) is 0 Å². The third kappa shape index (κ3) is 5.46. The highest BCUT2D eigenvalue weighted by atomic mass is 32.2. The van der Waals surface area contributed by atoms with Gasteiger partial charge < -0.3 is 9.73 Å². The third-order valence-corrected chi connectivity index (χ3v) is 7.08. The van der Waals surface area contributed by atoms with E-state index in [0.29, 0.717) is 30.9 Å². The van der Waals surface area contributed by atoms with Crippen molar-refractivity contribution in [2.75, 3.05) is 32.0 Å². The summed E-state index contributed by atoms with van der Waals surface area (Å²) in [6.07, 6.45) is 2.83. The minimum Gasteiger partial charge on any atom is -0.465 e. The van der Waals surface area contributed by atoms with Gasteiger partial charge in [0.25, 0.3) is 0 Å². The van der Waals surface area contributed by atoms with Crippen LogP contribution in [0.3, 0.4) is 0 Å². The number of hydrogen-bond acceptors (Lipinski definition) is 5. The molecular formula is C21H29N3O4S. The van der Waals surface area contributed by atoms with Crippen molar-refractivity contribution < 1.29 is 17.6 Å². The highest BCUT2D eigenvalue weighted by Gasteiger charge is 2.27. The van der Waals surface area contributed by atoms with E-state index in [1.54, 1.807) is 29.4 Å². The monoisotopic (exact) mass is 419 g/mol. The molecule has 1 aliphatic heterocycles. The van der Waals surface area contributed by atoms with Gasteiger partial charge in [-0.05, 0) is 63.6 Å². The standard InChI is InChI=1S/C21H29N3O4S/c1-16-7-9-18(13-20(16)29(26,27)24-11-5-4-6-12-24)22-21(25)15-23(3)14-19-10-8-17(2)28-19/h7-10,13H,4-6,11-12,14-15H2,1-3H3,(H,22,25). The second kappa shape index (κ2) is 9.11. The summed E-state index contributed by atoms with van der Waals surface area (Å²) in [5.74, 6) is 1.42. The summed E-state index contributed by atoms with van der Waals surface area (Å²) in [5.41, 5.74) is 1.16. The number of furan rings is 1. The number of anilines is 1. The zero-order valence-corrected chi connectivity index (χ0v) is 18.1. The van der Waals surface area contributed by atoms with Gasteiger partial charge in [-0.2, -0.15) is 4.31 Å². The highest BCUT2D eigenvalue weighted by Crippen LogP contribution is 2.26. The number of carbonyl (C=O) groups excluding carboxylic acids is 1. The largest absolute Gasteiger partial charge is 0.465 e. The fourth-order valence-electron chi connectivity index (χ4n) is 3.54. The molecule has 0 spiro atoms. The van der Waals surface area contributed by atoms with Crippen molar-refractivity contribution in [3.63, 3.8) is 0 Å². The van der Waals surface area contributed by atoms with Gasteiger partial charge in [-0.1, -0.05) is 12.5 Å². The fraction of sp³-hybridized carbons (Fsp3) is 0.476. The van der Waals surface area contributed by atoms with Crippen LogP contribution in [-0.2, 0) is 21.4 Å². The van der Waals surface area contributed by atoms with E-state index in [1.165, 1.54) is 0 Å². The van der Waals surface area contributed by atoms with E-state index in [-0.39, 0.29) is 17.3 Å². The quantitative estimate of drug-likeness (QED) is 0.745. The maximum absolute atomic E-state index is 13.0. The smallest absolute Gasteiger partial charge is 0.243 e. The number of piperidine rings is 1. The summed E-state index contributed by atoms with van der Waals surface area (Å²) in [7, 11) is -1.72. The molecule has 8 heteroatoms. The summed E-state index contributed by atoms with van der Waals surface area (Å²) in [6.45, 7) is 5.45. The molecule has 7 nitrogen and oxygen atoms in total. The molecule has 1 aromatic carbocycles. The number of nitrogens with zero attached hydrogens (tertiary/aromatic N) is 2. The molecule has 0 atom stereocenters. The Labute approximate surface area is 172 Å². The Morgan fingerprint density at radius 2 is 1.86 bits per heavy atom. The first-order valence-corrected chi connectivity index (χ1v) is 11.3. The van der Waals surface area contributed by atoms with Crippen LogP contribution in [0.25, 0.3) is 0 Å². The summed E-state index contributed by atoms with van der Waals surface area (Å²) in [5, 5.41) is 2.81. The summed E-state index contributed by atoms with van der Waals surface area (Å²) in [6, 6.07) is 8.81. The molecule has 2 heterocycles. The predicted molar refractivity (Wildman–Crippen MR) is 112 cm³/mol. The van der Waals surface area contributed by atoms with Crippen LogP contribution in [0.5, 0.6) is 0 Å². The van der Waals surface area contributed by atoms with Crippen LogP contribution in [0.15, 0.2) is 39.6 Å². The van der Waals surface area contributed by atoms with Crippen LogP contribution >= 0.6 is 0 Å². The van der Waals surface area contributed by atoms with Gasteiger partial charge in [-0.3, -0.25) is 9.69 Å². The lowest BCUT2D eigenvalue weighted by Gasteiger charge is -2.26. The highest BCUT2D eigenvalue weighted by molar-refractivity contribution is 7.89. The molecule has 1 amide bonds. The van der Waals surface area contributed by atoms with Crippen LogP contribution in [0.1, 0.15) is 36.3 Å². The molecule has 0 unspecified atom stereocenters. The molecule has 2 aromatic rings. The number of likely N-dealkylation sites (N-methyl/N-ethyl adjacent to an activating group) is 1. The van der Waals surface area contributed by atoms with Gasteiger partial charge in [0.2, 0.25) is 15.9 Å². The molecule has 0 aliphatic carbocycles. The zero-order valence-electron chi connectivity index (χ0n) is 17.3.